The predicted octanol–water partition coefficient (Wildman–Crippen LogP) is 15.1. The maximum absolute atomic E-state index is 12.7. The summed E-state index contributed by atoms with van der Waals surface area (Å²) in [7, 11) is 0. The van der Waals surface area contributed by atoms with Crippen LogP contribution < -0.4 is 0 Å². The van der Waals surface area contributed by atoms with Crippen molar-refractivity contribution in [2.45, 2.75) is 219 Å². The number of ether oxygens (including phenoxy) is 3. The van der Waals surface area contributed by atoms with Crippen molar-refractivity contribution in [3.8, 4) is 0 Å². The zero-order chi connectivity index (χ0) is 41.5. The molecule has 0 bridgehead atoms. The van der Waals surface area contributed by atoms with Crippen molar-refractivity contribution in [3.63, 3.8) is 0 Å². The molecule has 0 rings (SSSR count). The number of esters is 3. The third-order valence-electron chi connectivity index (χ3n) is 9.71. The van der Waals surface area contributed by atoms with E-state index >= 15 is 0 Å². The van der Waals surface area contributed by atoms with Crippen molar-refractivity contribution in [2.75, 3.05) is 13.2 Å². The summed E-state index contributed by atoms with van der Waals surface area (Å²) in [6.45, 7) is 6.35. The molecule has 0 saturated heterocycles. The smallest absolute Gasteiger partial charge is 0.306 e. The molecule has 1 unspecified atom stereocenters. The van der Waals surface area contributed by atoms with E-state index < -0.39 is 6.10 Å². The molecule has 0 aliphatic carbocycles. The van der Waals surface area contributed by atoms with Gasteiger partial charge in [-0.15, -0.1) is 0 Å². The topological polar surface area (TPSA) is 78.9 Å². The molecule has 0 N–H and O–H groups in total. The fraction of sp³-hybridized carbons (Fsp3) is 0.706. The van der Waals surface area contributed by atoms with Gasteiger partial charge < -0.3 is 14.2 Å². The first-order valence-corrected chi connectivity index (χ1v) is 23.4. The van der Waals surface area contributed by atoms with Crippen molar-refractivity contribution >= 4 is 17.9 Å². The van der Waals surface area contributed by atoms with E-state index in [-0.39, 0.29) is 31.1 Å². The van der Waals surface area contributed by atoms with Gasteiger partial charge in [0.1, 0.15) is 13.2 Å². The zero-order valence-corrected chi connectivity index (χ0v) is 37.1. The number of hydrogen-bond acceptors (Lipinski definition) is 6. The fourth-order valence-electron chi connectivity index (χ4n) is 6.23. The lowest BCUT2D eigenvalue weighted by Crippen LogP contribution is -2.30. The Morgan fingerprint density at radius 2 is 0.684 bits per heavy atom. The van der Waals surface area contributed by atoms with Crippen molar-refractivity contribution in [3.05, 3.63) is 72.9 Å². The molecule has 0 aromatic carbocycles. The molecule has 57 heavy (non-hydrogen) atoms. The Labute approximate surface area is 351 Å². The summed E-state index contributed by atoms with van der Waals surface area (Å²) in [4.78, 5) is 37.8. The van der Waals surface area contributed by atoms with E-state index in [0.717, 1.165) is 122 Å². The lowest BCUT2D eigenvalue weighted by molar-refractivity contribution is -0.167. The van der Waals surface area contributed by atoms with Crippen LogP contribution in [0.25, 0.3) is 0 Å². The first kappa shape index (κ1) is 53.9. The van der Waals surface area contributed by atoms with Gasteiger partial charge in [0.05, 0.1) is 0 Å². The number of hydrogen-bond donors (Lipinski definition) is 0. The minimum atomic E-state index is -0.792. The number of allylic oxidation sites excluding steroid dienone is 12. The minimum absolute atomic E-state index is 0.0908. The van der Waals surface area contributed by atoms with Gasteiger partial charge in [-0.05, 0) is 83.5 Å². The summed E-state index contributed by atoms with van der Waals surface area (Å²) in [5, 5.41) is 0. The van der Waals surface area contributed by atoms with Gasteiger partial charge in [-0.3, -0.25) is 14.4 Å². The van der Waals surface area contributed by atoms with Gasteiger partial charge >= 0.3 is 17.9 Å². The van der Waals surface area contributed by atoms with E-state index in [1.54, 1.807) is 0 Å². The van der Waals surface area contributed by atoms with Crippen LogP contribution in [0.5, 0.6) is 0 Å². The SMILES string of the molecule is CC/C=C\C/C=C\C/C=C\C/C=C\CCCCCC(=O)OCC(COC(=O)CCCCCCCCCCCCC)OC(=O)CCCCCCC/C=C\C/C=C\CC. The molecule has 1 atom stereocenters. The summed E-state index contributed by atoms with van der Waals surface area (Å²) in [6, 6.07) is 0. The maximum Gasteiger partial charge on any atom is 0.306 e. The molecule has 0 aromatic heterocycles. The van der Waals surface area contributed by atoms with Crippen LogP contribution in [0.1, 0.15) is 213 Å². The lowest BCUT2D eigenvalue weighted by Gasteiger charge is -2.18. The minimum Gasteiger partial charge on any atom is -0.462 e. The third kappa shape index (κ3) is 43.8. The Morgan fingerprint density at radius 3 is 1.09 bits per heavy atom. The van der Waals surface area contributed by atoms with Crippen LogP contribution >= 0.6 is 0 Å². The van der Waals surface area contributed by atoms with E-state index in [9.17, 15) is 14.4 Å². The number of rotatable bonds is 41. The lowest BCUT2D eigenvalue weighted by atomic mass is 10.1. The van der Waals surface area contributed by atoms with Gasteiger partial charge in [-0.1, -0.05) is 184 Å². The first-order chi connectivity index (χ1) is 28.0. The normalized spacial score (nSPS) is 12.7. The molecule has 0 heterocycles. The molecule has 0 spiro atoms. The average Bonchev–Trinajstić information content (AvgIpc) is 3.21. The highest BCUT2D eigenvalue weighted by molar-refractivity contribution is 5.71. The highest BCUT2D eigenvalue weighted by Gasteiger charge is 2.19. The number of unbranched alkanes of at least 4 members (excludes halogenated alkanes) is 18. The van der Waals surface area contributed by atoms with Crippen molar-refractivity contribution in [1.82, 2.24) is 0 Å². The second kappa shape index (κ2) is 45.6. The first-order valence-electron chi connectivity index (χ1n) is 23.4. The van der Waals surface area contributed by atoms with Crippen molar-refractivity contribution in [1.29, 1.82) is 0 Å². The van der Waals surface area contributed by atoms with E-state index in [1.807, 2.05) is 0 Å². The Kier molecular flexibility index (Phi) is 43.0. The average molecular weight is 795 g/mol. The molecule has 6 nitrogen and oxygen atoms in total. The van der Waals surface area contributed by atoms with Crippen LogP contribution in [0.3, 0.4) is 0 Å². The molecule has 0 saturated carbocycles. The standard InChI is InChI=1S/C51H86O6/c1-4-7-10-13-16-19-22-24-25-26-27-30-32-35-38-41-44-50(53)56-47-48(46-55-49(52)43-40-37-34-31-28-21-18-15-12-9-6-3)57-51(54)45-42-39-36-33-29-23-20-17-14-11-8-5-2/h7-8,10-11,16-17,19-20,24-25,27,30,48H,4-6,9,12-15,18,21-23,26,28-29,31-47H2,1-3H3/b10-7-,11-8-,19-16-,20-17-,25-24-,30-27-. The molecule has 0 aliphatic rings. The molecule has 0 aromatic rings. The molecule has 0 amide bonds. The molecular weight excluding hydrogens is 709 g/mol. The van der Waals surface area contributed by atoms with Crippen molar-refractivity contribution < 1.29 is 28.6 Å². The van der Waals surface area contributed by atoms with E-state index in [0.29, 0.717) is 19.3 Å². The van der Waals surface area contributed by atoms with Crippen LogP contribution in [0.4, 0.5) is 0 Å². The highest BCUT2D eigenvalue weighted by atomic mass is 16.6. The Hall–Kier alpha value is -3.15. The largest absolute Gasteiger partial charge is 0.462 e. The molecular formula is C51H86O6. The quantitative estimate of drug-likeness (QED) is 0.0265. The Bertz CT molecular complexity index is 1100. The van der Waals surface area contributed by atoms with Gasteiger partial charge in [-0.25, -0.2) is 0 Å². The summed E-state index contributed by atoms with van der Waals surface area (Å²) < 4.78 is 16.7. The molecule has 6 heteroatoms. The Balaban J connectivity index is 4.44. The summed E-state index contributed by atoms with van der Waals surface area (Å²) in [5.41, 5.74) is 0. The fourth-order valence-corrected chi connectivity index (χ4v) is 6.23. The number of carbonyl (C=O) groups excluding carboxylic acids is 3. The molecule has 0 fully saturated rings. The second-order valence-corrected chi connectivity index (χ2v) is 15.3. The van der Waals surface area contributed by atoms with Gasteiger partial charge in [-0.2, -0.15) is 0 Å². The van der Waals surface area contributed by atoms with Gasteiger partial charge in [0, 0.05) is 19.3 Å². The van der Waals surface area contributed by atoms with Gasteiger partial charge in [0.25, 0.3) is 0 Å². The van der Waals surface area contributed by atoms with Crippen LogP contribution in [0, 0.1) is 0 Å². The molecule has 326 valence electrons. The van der Waals surface area contributed by atoms with Crippen molar-refractivity contribution in [2.24, 2.45) is 0 Å². The summed E-state index contributed by atoms with van der Waals surface area (Å²) in [5.74, 6) is -0.943. The van der Waals surface area contributed by atoms with E-state index in [1.165, 1.54) is 51.4 Å². The van der Waals surface area contributed by atoms with E-state index in [4.69, 9.17) is 14.2 Å². The highest BCUT2D eigenvalue weighted by Crippen LogP contribution is 2.14. The summed E-state index contributed by atoms with van der Waals surface area (Å²) >= 11 is 0. The van der Waals surface area contributed by atoms with Gasteiger partial charge in [0.2, 0.25) is 0 Å². The summed E-state index contributed by atoms with van der Waals surface area (Å²) in [6.07, 6.45) is 56.0. The third-order valence-corrected chi connectivity index (χ3v) is 9.71. The van der Waals surface area contributed by atoms with E-state index in [2.05, 4.69) is 93.7 Å². The van der Waals surface area contributed by atoms with Crippen LogP contribution in [-0.2, 0) is 28.6 Å². The van der Waals surface area contributed by atoms with Gasteiger partial charge in [0.15, 0.2) is 6.10 Å². The molecule has 0 radical (unpaired) electrons. The monoisotopic (exact) mass is 795 g/mol. The maximum atomic E-state index is 12.7. The Morgan fingerprint density at radius 1 is 0.368 bits per heavy atom. The van der Waals surface area contributed by atoms with Crippen LogP contribution in [0.15, 0.2) is 72.9 Å². The van der Waals surface area contributed by atoms with Crippen LogP contribution in [0.2, 0.25) is 0 Å². The second-order valence-electron chi connectivity index (χ2n) is 15.3. The number of carbonyl (C=O) groups is 3. The zero-order valence-electron chi connectivity index (χ0n) is 37.1. The predicted molar refractivity (Wildman–Crippen MR) is 242 cm³/mol. The molecule has 0 aliphatic heterocycles. The van der Waals surface area contributed by atoms with Crippen LogP contribution in [-0.4, -0.2) is 37.2 Å².